The number of carbonyl (C=O) groups excluding carboxylic acids is 1. The summed E-state index contributed by atoms with van der Waals surface area (Å²) in [5, 5.41) is 7.53. The topological polar surface area (TPSA) is 108 Å². The summed E-state index contributed by atoms with van der Waals surface area (Å²) in [6, 6.07) is 4.76. The number of amides is 1. The number of hydrogen-bond donors (Lipinski definition) is 2. The number of anilines is 1. The molecule has 196 valence electrons. The highest BCUT2D eigenvalue weighted by Gasteiger charge is 2.41. The third-order valence-corrected chi connectivity index (χ3v) is 7.49. The fraction of sp³-hybridized carbons (Fsp3) is 0.444. The molecule has 2 aromatic heterocycles. The van der Waals surface area contributed by atoms with E-state index in [2.05, 4.69) is 15.4 Å². The minimum absolute atomic E-state index is 0.0804. The summed E-state index contributed by atoms with van der Waals surface area (Å²) in [4.78, 5) is 20.1. The molecule has 1 aliphatic heterocycles. The first-order valence-corrected chi connectivity index (χ1v) is 12.6. The molecule has 1 fully saturated rings. The van der Waals surface area contributed by atoms with Crippen LogP contribution >= 0.6 is 0 Å². The zero-order chi connectivity index (χ0) is 26.3. The largest absolute Gasteiger partial charge is 0.497 e. The number of rotatable bonds is 7. The highest BCUT2D eigenvalue weighted by molar-refractivity contribution is 6.04. The van der Waals surface area contributed by atoms with Crippen molar-refractivity contribution in [1.82, 2.24) is 19.7 Å². The van der Waals surface area contributed by atoms with Gasteiger partial charge in [-0.1, -0.05) is 12.8 Å². The number of fused-ring (bicyclic) bond motifs is 1. The van der Waals surface area contributed by atoms with Crippen molar-refractivity contribution in [2.24, 2.45) is 12.8 Å². The quantitative estimate of drug-likeness (QED) is 0.496. The molecule has 0 radical (unpaired) electrons. The molecule has 0 spiro atoms. The lowest BCUT2D eigenvalue weighted by Crippen LogP contribution is -2.43. The van der Waals surface area contributed by atoms with Crippen LogP contribution in [0, 0.1) is 5.82 Å². The number of nitrogens with zero attached hydrogens (tertiary/aromatic N) is 4. The number of nitrogens with two attached hydrogens (primary N) is 1. The van der Waals surface area contributed by atoms with Gasteiger partial charge in [-0.05, 0) is 31.9 Å². The number of benzene rings is 1. The van der Waals surface area contributed by atoms with Gasteiger partial charge >= 0.3 is 0 Å². The Morgan fingerprint density at radius 3 is 2.68 bits per heavy atom. The molecular formula is C27H33FN6O3. The van der Waals surface area contributed by atoms with Crippen molar-refractivity contribution in [1.29, 1.82) is 0 Å². The predicted molar refractivity (Wildman–Crippen MR) is 138 cm³/mol. The zero-order valence-electron chi connectivity index (χ0n) is 21.6. The molecule has 1 unspecified atom stereocenters. The molecule has 3 N–H and O–H groups in total. The van der Waals surface area contributed by atoms with Gasteiger partial charge in [-0.15, -0.1) is 0 Å². The van der Waals surface area contributed by atoms with Gasteiger partial charge in [0.25, 0.3) is 5.91 Å². The molecule has 0 bridgehead atoms. The molecule has 1 aromatic carbocycles. The number of hydrogen-bond acceptors (Lipinski definition) is 7. The van der Waals surface area contributed by atoms with E-state index in [1.165, 1.54) is 0 Å². The number of methoxy groups -OCH3 is 2. The molecule has 1 aliphatic carbocycles. The maximum absolute atomic E-state index is 16.1. The standard InChI is InChI=1S/C27H33FN6O3/c1-15-22-23(27(35)34(15)14-16-9-10-18(36-3)11-21(16)37-4)25(17-12-30-33(2)13-17)32-26(24(22)28)31-20-8-6-5-7-19(20)29/h9-13,15,19-20H,5-8,14,29H2,1-4H3,(H,31,32)/t15?,19-,20+/m0/s1. The first-order valence-electron chi connectivity index (χ1n) is 12.6. The number of aromatic nitrogens is 3. The van der Waals surface area contributed by atoms with Crippen molar-refractivity contribution in [2.45, 2.75) is 57.3 Å². The Kier molecular flexibility index (Phi) is 6.76. The first kappa shape index (κ1) is 25.0. The van der Waals surface area contributed by atoms with Crippen molar-refractivity contribution in [3.63, 3.8) is 0 Å². The van der Waals surface area contributed by atoms with E-state index in [1.807, 2.05) is 19.1 Å². The van der Waals surface area contributed by atoms with Crippen molar-refractivity contribution in [2.75, 3.05) is 19.5 Å². The molecule has 0 saturated heterocycles. The van der Waals surface area contributed by atoms with Gasteiger partial charge in [-0.25, -0.2) is 9.37 Å². The van der Waals surface area contributed by atoms with E-state index in [0.29, 0.717) is 28.3 Å². The third-order valence-electron chi connectivity index (χ3n) is 7.49. The number of ether oxygens (including phenoxy) is 2. The minimum atomic E-state index is -0.520. The van der Waals surface area contributed by atoms with Crippen LogP contribution < -0.4 is 20.5 Å². The average Bonchev–Trinajstić information content (AvgIpc) is 3.44. The SMILES string of the molecule is COc1ccc(CN2C(=O)c3c(-c4cnn(C)c4)nc(N[C@@H]4CCCC[C@@H]4N)c(F)c3C2C)c(OC)c1. The second-order valence-electron chi connectivity index (χ2n) is 9.80. The predicted octanol–water partition coefficient (Wildman–Crippen LogP) is 4.04. The molecule has 5 rings (SSSR count). The van der Waals surface area contributed by atoms with Gasteiger partial charge in [0, 0.05) is 48.1 Å². The molecule has 3 aromatic rings. The van der Waals surface area contributed by atoms with Crippen LogP contribution in [0.2, 0.25) is 0 Å². The van der Waals surface area contributed by atoms with Crippen LogP contribution in [0.15, 0.2) is 30.6 Å². The van der Waals surface area contributed by atoms with Gasteiger partial charge in [-0.3, -0.25) is 9.48 Å². The van der Waals surface area contributed by atoms with E-state index < -0.39 is 11.9 Å². The lowest BCUT2D eigenvalue weighted by molar-refractivity contribution is 0.0721. The number of halogens is 1. The van der Waals surface area contributed by atoms with Crippen LogP contribution in [-0.4, -0.2) is 51.9 Å². The van der Waals surface area contributed by atoms with E-state index in [0.717, 1.165) is 31.2 Å². The van der Waals surface area contributed by atoms with Crippen molar-refractivity contribution >= 4 is 11.7 Å². The molecule has 2 aliphatic rings. The van der Waals surface area contributed by atoms with E-state index in [1.54, 1.807) is 49.3 Å². The van der Waals surface area contributed by atoms with E-state index >= 15 is 4.39 Å². The summed E-state index contributed by atoms with van der Waals surface area (Å²) in [6.07, 6.45) is 7.24. The van der Waals surface area contributed by atoms with Crippen LogP contribution in [0.5, 0.6) is 11.5 Å². The molecule has 9 nitrogen and oxygen atoms in total. The summed E-state index contributed by atoms with van der Waals surface area (Å²) in [7, 11) is 4.94. The Morgan fingerprint density at radius 1 is 1.22 bits per heavy atom. The van der Waals surface area contributed by atoms with Crippen LogP contribution in [0.3, 0.4) is 0 Å². The third kappa shape index (κ3) is 4.50. The molecule has 3 atom stereocenters. The Balaban J connectivity index is 1.57. The van der Waals surface area contributed by atoms with Crippen LogP contribution in [0.4, 0.5) is 10.2 Å². The van der Waals surface area contributed by atoms with E-state index in [9.17, 15) is 4.79 Å². The number of aryl methyl sites for hydroxylation is 1. The fourth-order valence-corrected chi connectivity index (χ4v) is 5.40. The zero-order valence-corrected chi connectivity index (χ0v) is 21.6. The van der Waals surface area contributed by atoms with Gasteiger partial charge in [0.05, 0.1) is 44.3 Å². The average molecular weight is 509 g/mol. The monoisotopic (exact) mass is 508 g/mol. The number of pyridine rings is 1. The minimum Gasteiger partial charge on any atom is -0.497 e. The molecule has 1 amide bonds. The smallest absolute Gasteiger partial charge is 0.257 e. The number of nitrogens with one attached hydrogen (secondary N) is 1. The second kappa shape index (κ2) is 10.0. The van der Waals surface area contributed by atoms with Gasteiger partial charge in [0.1, 0.15) is 11.5 Å². The van der Waals surface area contributed by atoms with Crippen LogP contribution in [0.1, 0.15) is 60.1 Å². The van der Waals surface area contributed by atoms with Gasteiger partial charge < -0.3 is 25.4 Å². The number of carbonyl (C=O) groups is 1. The van der Waals surface area contributed by atoms with E-state index in [-0.39, 0.29) is 35.9 Å². The Hall–Kier alpha value is -3.66. The highest BCUT2D eigenvalue weighted by atomic mass is 19.1. The normalized spacial score (nSPS) is 21.2. The lowest BCUT2D eigenvalue weighted by atomic mass is 9.91. The van der Waals surface area contributed by atoms with Crippen LogP contribution in [0.25, 0.3) is 11.3 Å². The van der Waals surface area contributed by atoms with Gasteiger partial charge in [0.2, 0.25) is 0 Å². The van der Waals surface area contributed by atoms with Crippen molar-refractivity contribution in [3.05, 3.63) is 53.1 Å². The summed E-state index contributed by atoms with van der Waals surface area (Å²) in [5.74, 6) is 0.575. The maximum Gasteiger partial charge on any atom is 0.257 e. The lowest BCUT2D eigenvalue weighted by Gasteiger charge is -2.30. The fourth-order valence-electron chi connectivity index (χ4n) is 5.40. The van der Waals surface area contributed by atoms with Crippen molar-refractivity contribution in [3.8, 4) is 22.8 Å². The Labute approximate surface area is 215 Å². The summed E-state index contributed by atoms with van der Waals surface area (Å²) in [6.45, 7) is 2.08. The second-order valence-corrected chi connectivity index (χ2v) is 9.80. The molecule has 3 heterocycles. The Morgan fingerprint density at radius 2 is 2.00 bits per heavy atom. The Bertz CT molecular complexity index is 1330. The van der Waals surface area contributed by atoms with Crippen molar-refractivity contribution < 1.29 is 18.7 Å². The summed E-state index contributed by atoms with van der Waals surface area (Å²) in [5.41, 5.74) is 8.79. The molecule has 37 heavy (non-hydrogen) atoms. The highest BCUT2D eigenvalue weighted by Crippen LogP contribution is 2.43. The molecule has 1 saturated carbocycles. The molecular weight excluding hydrogens is 475 g/mol. The van der Waals surface area contributed by atoms with Gasteiger partial charge in [0.15, 0.2) is 11.6 Å². The van der Waals surface area contributed by atoms with Gasteiger partial charge in [-0.2, -0.15) is 5.10 Å². The first-order chi connectivity index (χ1) is 17.8. The summed E-state index contributed by atoms with van der Waals surface area (Å²) < 4.78 is 28.6. The maximum atomic E-state index is 16.1. The van der Waals surface area contributed by atoms with Crippen LogP contribution in [-0.2, 0) is 13.6 Å². The molecule has 10 heteroatoms. The van der Waals surface area contributed by atoms with E-state index in [4.69, 9.17) is 15.2 Å². The summed E-state index contributed by atoms with van der Waals surface area (Å²) >= 11 is 0.